The fourth-order valence-electron chi connectivity index (χ4n) is 2.03. The molecule has 1 aliphatic rings. The largest absolute Gasteiger partial charge is 0.463 e. The minimum Gasteiger partial charge on any atom is -0.463 e. The molecule has 1 aromatic carbocycles. The Balaban J connectivity index is 1.35. The normalized spacial score (nSPS) is 11.9. The first-order valence-electron chi connectivity index (χ1n) is 7.47. The first-order valence-corrected chi connectivity index (χ1v) is 7.47. The lowest BCUT2D eigenvalue weighted by Gasteiger charge is -2.07. The van der Waals surface area contributed by atoms with Crippen molar-refractivity contribution in [2.45, 2.75) is 13.5 Å². The molecule has 0 fully saturated rings. The molecule has 2 heterocycles. The van der Waals surface area contributed by atoms with Crippen molar-refractivity contribution in [1.29, 1.82) is 0 Å². The lowest BCUT2D eigenvalue weighted by atomic mass is 10.2. The van der Waals surface area contributed by atoms with Crippen LogP contribution in [0.15, 0.2) is 28.8 Å². The van der Waals surface area contributed by atoms with Gasteiger partial charge < -0.3 is 28.8 Å². The lowest BCUT2D eigenvalue weighted by molar-refractivity contribution is -0.150. The molecule has 1 aromatic heterocycles. The number of fused-ring (bicyclic) bond motifs is 1. The highest BCUT2D eigenvalue weighted by Crippen LogP contribution is 2.32. The highest BCUT2D eigenvalue weighted by atomic mass is 16.7. The van der Waals surface area contributed by atoms with E-state index in [0.29, 0.717) is 17.3 Å². The van der Waals surface area contributed by atoms with Gasteiger partial charge in [0, 0.05) is 12.6 Å². The van der Waals surface area contributed by atoms with Crippen LogP contribution in [-0.4, -0.2) is 37.0 Å². The summed E-state index contributed by atoms with van der Waals surface area (Å²) in [5, 5.41) is 6.21. The zero-order valence-electron chi connectivity index (χ0n) is 13.4. The molecular formula is C16H16N2O7. The van der Waals surface area contributed by atoms with Crippen molar-refractivity contribution >= 4 is 11.9 Å². The third-order valence-electron chi connectivity index (χ3n) is 3.24. The molecule has 9 nitrogen and oxygen atoms in total. The van der Waals surface area contributed by atoms with E-state index in [1.807, 2.05) is 6.07 Å². The monoisotopic (exact) mass is 348 g/mol. The molecule has 25 heavy (non-hydrogen) atoms. The third-order valence-corrected chi connectivity index (χ3v) is 3.24. The van der Waals surface area contributed by atoms with Crippen LogP contribution in [0.1, 0.15) is 11.3 Å². The number of ether oxygens (including phenoxy) is 4. The van der Waals surface area contributed by atoms with Gasteiger partial charge in [-0.2, -0.15) is 0 Å². The van der Waals surface area contributed by atoms with Gasteiger partial charge in [0.2, 0.25) is 6.79 Å². The summed E-state index contributed by atoms with van der Waals surface area (Å²) < 4.78 is 25.1. The van der Waals surface area contributed by atoms with E-state index in [9.17, 15) is 9.59 Å². The molecule has 0 atom stereocenters. The summed E-state index contributed by atoms with van der Waals surface area (Å²) in [6.45, 7) is 1.41. The van der Waals surface area contributed by atoms with E-state index in [1.54, 1.807) is 19.1 Å². The number of rotatable bonds is 7. The van der Waals surface area contributed by atoms with Crippen molar-refractivity contribution < 1.29 is 33.1 Å². The molecule has 2 aromatic rings. The maximum atomic E-state index is 11.7. The van der Waals surface area contributed by atoms with Crippen LogP contribution in [0.5, 0.6) is 17.4 Å². The fourth-order valence-corrected chi connectivity index (χ4v) is 2.03. The number of aromatic nitrogens is 1. The molecule has 0 bridgehead atoms. The standard InChI is InChI=1S/C16H16N2O7/c1-10-4-15(18-25-10)21-8-16(20)22-7-14(19)17-6-11-2-3-12-13(5-11)24-9-23-12/h2-5H,6-9H2,1H3,(H,17,19). The second-order valence-electron chi connectivity index (χ2n) is 5.19. The number of carbonyl (C=O) groups excluding carboxylic acids is 2. The molecule has 3 rings (SSSR count). The zero-order valence-corrected chi connectivity index (χ0v) is 13.4. The Morgan fingerprint density at radius 2 is 2.04 bits per heavy atom. The summed E-state index contributed by atoms with van der Waals surface area (Å²) >= 11 is 0. The summed E-state index contributed by atoms with van der Waals surface area (Å²) in [6.07, 6.45) is 0. The van der Waals surface area contributed by atoms with Crippen LogP contribution in [0.25, 0.3) is 0 Å². The number of hydrogen-bond donors (Lipinski definition) is 1. The number of esters is 1. The topological polar surface area (TPSA) is 109 Å². The minimum absolute atomic E-state index is 0.182. The van der Waals surface area contributed by atoms with Crippen molar-refractivity contribution in [1.82, 2.24) is 10.5 Å². The summed E-state index contributed by atoms with van der Waals surface area (Å²) in [7, 11) is 0. The van der Waals surface area contributed by atoms with E-state index in [2.05, 4.69) is 10.5 Å². The maximum absolute atomic E-state index is 11.7. The Morgan fingerprint density at radius 3 is 2.84 bits per heavy atom. The lowest BCUT2D eigenvalue weighted by Crippen LogP contribution is -2.29. The molecule has 1 amide bonds. The van der Waals surface area contributed by atoms with Crippen molar-refractivity contribution in [2.75, 3.05) is 20.0 Å². The van der Waals surface area contributed by atoms with E-state index < -0.39 is 18.5 Å². The van der Waals surface area contributed by atoms with Crippen LogP contribution >= 0.6 is 0 Å². The summed E-state index contributed by atoms with van der Waals surface area (Å²) in [4.78, 5) is 23.2. The van der Waals surface area contributed by atoms with Crippen LogP contribution in [0, 0.1) is 6.92 Å². The van der Waals surface area contributed by atoms with Gasteiger partial charge in [-0.25, -0.2) is 4.79 Å². The smallest absolute Gasteiger partial charge is 0.344 e. The molecule has 9 heteroatoms. The molecule has 0 saturated carbocycles. The van der Waals surface area contributed by atoms with E-state index in [-0.39, 0.29) is 25.8 Å². The second kappa shape index (κ2) is 7.56. The predicted molar refractivity (Wildman–Crippen MR) is 82.1 cm³/mol. The van der Waals surface area contributed by atoms with Gasteiger partial charge in [-0.05, 0) is 29.8 Å². The quantitative estimate of drug-likeness (QED) is 0.737. The molecule has 132 valence electrons. The van der Waals surface area contributed by atoms with Crippen molar-refractivity contribution in [3.05, 3.63) is 35.6 Å². The van der Waals surface area contributed by atoms with E-state index in [0.717, 1.165) is 5.56 Å². The van der Waals surface area contributed by atoms with Crippen LogP contribution in [0.4, 0.5) is 0 Å². The van der Waals surface area contributed by atoms with Crippen LogP contribution in [0.3, 0.4) is 0 Å². The number of hydrogen-bond acceptors (Lipinski definition) is 8. The molecule has 0 saturated heterocycles. The Bertz CT molecular complexity index is 772. The van der Waals surface area contributed by atoms with Crippen LogP contribution in [-0.2, 0) is 20.9 Å². The Kier molecular flexibility index (Phi) is 5.03. The second-order valence-corrected chi connectivity index (χ2v) is 5.19. The number of carbonyl (C=O) groups is 2. The van der Waals surface area contributed by atoms with Crippen molar-refractivity contribution in [3.8, 4) is 17.4 Å². The third kappa shape index (κ3) is 4.63. The number of nitrogens with zero attached hydrogens (tertiary/aromatic N) is 1. The predicted octanol–water partition coefficient (Wildman–Crippen LogP) is 0.950. The molecule has 1 N–H and O–H groups in total. The van der Waals surface area contributed by atoms with Crippen molar-refractivity contribution in [2.24, 2.45) is 0 Å². The van der Waals surface area contributed by atoms with Gasteiger partial charge >= 0.3 is 5.97 Å². The van der Waals surface area contributed by atoms with E-state index >= 15 is 0 Å². The highest BCUT2D eigenvalue weighted by Gasteiger charge is 2.14. The van der Waals surface area contributed by atoms with Gasteiger partial charge in [0.05, 0.1) is 0 Å². The van der Waals surface area contributed by atoms with Gasteiger partial charge in [-0.15, -0.1) is 0 Å². The molecular weight excluding hydrogens is 332 g/mol. The summed E-state index contributed by atoms with van der Waals surface area (Å²) in [5.41, 5.74) is 0.841. The number of amides is 1. The van der Waals surface area contributed by atoms with Gasteiger partial charge in [0.15, 0.2) is 24.7 Å². The zero-order chi connectivity index (χ0) is 17.6. The number of benzene rings is 1. The van der Waals surface area contributed by atoms with E-state index in [1.165, 1.54) is 6.07 Å². The molecule has 0 radical (unpaired) electrons. The number of aryl methyl sites for hydroxylation is 1. The van der Waals surface area contributed by atoms with Gasteiger partial charge in [0.25, 0.3) is 11.8 Å². The fraction of sp³-hybridized carbons (Fsp3) is 0.312. The first-order chi connectivity index (χ1) is 12.1. The molecule has 1 aliphatic heterocycles. The highest BCUT2D eigenvalue weighted by molar-refractivity contribution is 5.80. The Hall–Kier alpha value is -3.23. The molecule has 0 aliphatic carbocycles. The number of nitrogens with one attached hydrogen (secondary N) is 1. The van der Waals surface area contributed by atoms with Gasteiger partial charge in [-0.3, -0.25) is 4.79 Å². The van der Waals surface area contributed by atoms with Gasteiger partial charge in [-0.1, -0.05) is 6.07 Å². The van der Waals surface area contributed by atoms with Crippen LogP contribution < -0.4 is 19.5 Å². The van der Waals surface area contributed by atoms with Gasteiger partial charge in [0.1, 0.15) is 5.76 Å². The maximum Gasteiger partial charge on any atom is 0.344 e. The van der Waals surface area contributed by atoms with Crippen molar-refractivity contribution in [3.63, 3.8) is 0 Å². The average Bonchev–Trinajstić information content (AvgIpc) is 3.24. The summed E-state index contributed by atoms with van der Waals surface area (Å²) in [6, 6.07) is 6.90. The summed E-state index contributed by atoms with van der Waals surface area (Å²) in [5.74, 6) is 0.944. The Morgan fingerprint density at radius 1 is 1.20 bits per heavy atom. The molecule has 0 unspecified atom stereocenters. The first kappa shape index (κ1) is 16.6. The van der Waals surface area contributed by atoms with E-state index in [4.69, 9.17) is 23.5 Å². The van der Waals surface area contributed by atoms with Crippen LogP contribution in [0.2, 0.25) is 0 Å². The minimum atomic E-state index is -0.682. The Labute approximate surface area is 142 Å². The average molecular weight is 348 g/mol. The SMILES string of the molecule is Cc1cc(OCC(=O)OCC(=O)NCc2ccc3c(c2)OCO3)no1. The molecule has 0 spiro atoms.